The van der Waals surface area contributed by atoms with Crippen molar-refractivity contribution in [3.63, 3.8) is 0 Å². The largest absolute Gasteiger partial charge is 0.270 e. The van der Waals surface area contributed by atoms with Crippen molar-refractivity contribution in [2.75, 3.05) is 0 Å². The first-order valence-electron chi connectivity index (χ1n) is 9.29. The smallest absolute Gasteiger partial charge is 0.258 e. The van der Waals surface area contributed by atoms with Crippen LogP contribution in [0.2, 0.25) is 0 Å². The summed E-state index contributed by atoms with van der Waals surface area (Å²) in [5.41, 5.74) is 7.63. The van der Waals surface area contributed by atoms with Crippen molar-refractivity contribution in [1.82, 2.24) is 0 Å². The summed E-state index contributed by atoms with van der Waals surface area (Å²) < 4.78 is 0. The molecule has 3 aromatic rings. The fourth-order valence-electron chi connectivity index (χ4n) is 3.16. The number of aryl methyl sites for hydroxylation is 3. The van der Waals surface area contributed by atoms with Crippen LogP contribution in [0, 0.1) is 30.9 Å². The summed E-state index contributed by atoms with van der Waals surface area (Å²) in [5.74, 6) is 0. The quantitative estimate of drug-likeness (QED) is 0.371. The zero-order valence-electron chi connectivity index (χ0n) is 17.0. The molecule has 3 nitrogen and oxygen atoms in total. The van der Waals surface area contributed by atoms with E-state index in [1.54, 1.807) is 12.1 Å². The number of benzene rings is 3. The number of nitro groups is 1. The predicted molar refractivity (Wildman–Crippen MR) is 118 cm³/mol. The number of allylic oxidation sites excluding steroid dienone is 1. The molecule has 0 saturated heterocycles. The van der Waals surface area contributed by atoms with E-state index < -0.39 is 0 Å². The van der Waals surface area contributed by atoms with E-state index in [2.05, 4.69) is 49.9 Å². The normalized spacial score (nSPS) is 10.0. The Bertz CT molecular complexity index is 958. The minimum absolute atomic E-state index is 0.139. The van der Waals surface area contributed by atoms with E-state index in [9.17, 15) is 10.1 Å². The third kappa shape index (κ3) is 5.92. The number of rotatable bonds is 4. The maximum Gasteiger partial charge on any atom is 0.270 e. The molecular formula is C25H27NO2. The topological polar surface area (TPSA) is 43.1 Å². The lowest BCUT2D eigenvalue weighted by atomic mass is 9.91. The molecule has 0 radical (unpaired) electrons. The fraction of sp³-hybridized carbons (Fsp3) is 0.200. The van der Waals surface area contributed by atoms with Crippen LogP contribution in [0.25, 0.3) is 5.57 Å². The maximum atomic E-state index is 11.1. The van der Waals surface area contributed by atoms with Crippen molar-refractivity contribution in [3.8, 4) is 0 Å². The van der Waals surface area contributed by atoms with Gasteiger partial charge >= 0.3 is 0 Å². The SMILES string of the molecule is C=C(C)c1c(C)cc([N+](=O)[O-])cc1Cc1ccc(C)cc1.Cc1ccccc1. The van der Waals surface area contributed by atoms with Gasteiger partial charge in [-0.1, -0.05) is 77.9 Å². The minimum Gasteiger partial charge on any atom is -0.258 e. The van der Waals surface area contributed by atoms with Crippen LogP contribution in [0.3, 0.4) is 0 Å². The Labute approximate surface area is 167 Å². The third-order valence-corrected chi connectivity index (χ3v) is 4.50. The lowest BCUT2D eigenvalue weighted by Gasteiger charge is -2.13. The van der Waals surface area contributed by atoms with Crippen LogP contribution in [0.1, 0.15) is 40.3 Å². The van der Waals surface area contributed by atoms with E-state index in [1.165, 1.54) is 11.1 Å². The molecule has 0 heterocycles. The molecule has 0 unspecified atom stereocenters. The van der Waals surface area contributed by atoms with Gasteiger partial charge in [-0.3, -0.25) is 10.1 Å². The lowest BCUT2D eigenvalue weighted by Crippen LogP contribution is -2.00. The van der Waals surface area contributed by atoms with Gasteiger partial charge in [-0.25, -0.2) is 0 Å². The van der Waals surface area contributed by atoms with Crippen molar-refractivity contribution < 1.29 is 4.92 Å². The third-order valence-electron chi connectivity index (χ3n) is 4.50. The van der Waals surface area contributed by atoms with Gasteiger partial charge in [-0.05, 0) is 56.4 Å². The fourth-order valence-corrected chi connectivity index (χ4v) is 3.16. The molecule has 3 rings (SSSR count). The van der Waals surface area contributed by atoms with Gasteiger partial charge < -0.3 is 0 Å². The molecule has 0 fully saturated rings. The highest BCUT2D eigenvalue weighted by atomic mass is 16.6. The van der Waals surface area contributed by atoms with Gasteiger partial charge in [-0.2, -0.15) is 0 Å². The van der Waals surface area contributed by atoms with Crippen LogP contribution >= 0.6 is 0 Å². The first kappa shape index (κ1) is 21.1. The van der Waals surface area contributed by atoms with Crippen LogP contribution in [0.15, 0.2) is 73.3 Å². The van der Waals surface area contributed by atoms with Crippen LogP contribution < -0.4 is 0 Å². The second-order valence-corrected chi connectivity index (χ2v) is 7.15. The summed E-state index contributed by atoms with van der Waals surface area (Å²) in [6.07, 6.45) is 0.672. The molecule has 0 aromatic heterocycles. The van der Waals surface area contributed by atoms with Crippen LogP contribution in [0.4, 0.5) is 5.69 Å². The highest BCUT2D eigenvalue weighted by Gasteiger charge is 2.15. The van der Waals surface area contributed by atoms with E-state index in [4.69, 9.17) is 0 Å². The highest BCUT2D eigenvalue weighted by Crippen LogP contribution is 2.29. The molecule has 0 spiro atoms. The first-order chi connectivity index (χ1) is 13.3. The van der Waals surface area contributed by atoms with Crippen molar-refractivity contribution in [2.45, 2.75) is 34.1 Å². The van der Waals surface area contributed by atoms with Crippen molar-refractivity contribution in [2.24, 2.45) is 0 Å². The number of nitrogens with zero attached hydrogens (tertiary/aromatic N) is 1. The van der Waals surface area contributed by atoms with Crippen molar-refractivity contribution in [3.05, 3.63) is 117 Å². The Kier molecular flexibility index (Phi) is 7.28. The number of hydrogen-bond donors (Lipinski definition) is 0. The Morgan fingerprint density at radius 1 is 0.929 bits per heavy atom. The van der Waals surface area contributed by atoms with Gasteiger partial charge in [-0.15, -0.1) is 0 Å². The minimum atomic E-state index is -0.339. The average molecular weight is 373 g/mol. The summed E-state index contributed by atoms with van der Waals surface area (Å²) in [6.45, 7) is 12.0. The predicted octanol–water partition coefficient (Wildman–Crippen LogP) is 6.83. The summed E-state index contributed by atoms with van der Waals surface area (Å²) in [7, 11) is 0. The molecule has 0 aliphatic rings. The molecule has 0 amide bonds. The Balaban J connectivity index is 0.000000336. The summed E-state index contributed by atoms with van der Waals surface area (Å²) in [4.78, 5) is 10.7. The molecule has 3 aromatic carbocycles. The summed E-state index contributed by atoms with van der Waals surface area (Å²) in [5, 5.41) is 11.1. The van der Waals surface area contributed by atoms with Gasteiger partial charge in [0.05, 0.1) is 4.92 Å². The Morgan fingerprint density at radius 2 is 1.50 bits per heavy atom. The van der Waals surface area contributed by atoms with E-state index in [1.807, 2.05) is 39.0 Å². The molecule has 3 heteroatoms. The maximum absolute atomic E-state index is 11.1. The molecule has 0 atom stereocenters. The number of nitro benzene ring substituents is 1. The summed E-state index contributed by atoms with van der Waals surface area (Å²) in [6, 6.07) is 21.8. The molecule has 144 valence electrons. The lowest BCUT2D eigenvalue weighted by molar-refractivity contribution is -0.385. The van der Waals surface area contributed by atoms with E-state index in [-0.39, 0.29) is 10.6 Å². The van der Waals surface area contributed by atoms with Gasteiger partial charge in [0, 0.05) is 12.1 Å². The van der Waals surface area contributed by atoms with Gasteiger partial charge in [0.15, 0.2) is 0 Å². The van der Waals surface area contributed by atoms with E-state index >= 15 is 0 Å². The molecule has 0 aliphatic heterocycles. The number of non-ortho nitro benzene ring substituents is 1. The molecule has 0 aliphatic carbocycles. The molecule has 0 saturated carbocycles. The van der Waals surface area contributed by atoms with E-state index in [0.717, 1.165) is 27.8 Å². The van der Waals surface area contributed by atoms with Crippen LogP contribution in [-0.4, -0.2) is 4.92 Å². The van der Waals surface area contributed by atoms with Gasteiger partial charge in [0.1, 0.15) is 0 Å². The second-order valence-electron chi connectivity index (χ2n) is 7.15. The molecule has 28 heavy (non-hydrogen) atoms. The zero-order chi connectivity index (χ0) is 20.7. The van der Waals surface area contributed by atoms with Gasteiger partial charge in [0.2, 0.25) is 0 Å². The molecule has 0 N–H and O–H groups in total. The Morgan fingerprint density at radius 3 is 1.96 bits per heavy atom. The van der Waals surface area contributed by atoms with Crippen LogP contribution in [0.5, 0.6) is 0 Å². The van der Waals surface area contributed by atoms with E-state index in [0.29, 0.717) is 6.42 Å². The second kappa shape index (κ2) is 9.65. The number of hydrogen-bond acceptors (Lipinski definition) is 2. The standard InChI is InChI=1S/C18H19NO2.C7H8/c1-12(2)18-14(4)9-17(19(20)21)11-16(18)10-15-7-5-13(3)6-8-15;1-7-5-3-2-4-6-7/h5-9,11H,1,10H2,2-4H3;2-6H,1H3. The average Bonchev–Trinajstić information content (AvgIpc) is 2.64. The molecule has 0 bridgehead atoms. The van der Waals surface area contributed by atoms with Crippen molar-refractivity contribution in [1.29, 1.82) is 0 Å². The first-order valence-corrected chi connectivity index (χ1v) is 9.29. The van der Waals surface area contributed by atoms with Crippen molar-refractivity contribution >= 4 is 11.3 Å². The highest BCUT2D eigenvalue weighted by molar-refractivity contribution is 5.70. The van der Waals surface area contributed by atoms with Crippen LogP contribution in [-0.2, 0) is 6.42 Å². The zero-order valence-corrected chi connectivity index (χ0v) is 17.0. The Hall–Kier alpha value is -3.20. The van der Waals surface area contributed by atoms with Gasteiger partial charge in [0.25, 0.3) is 5.69 Å². The monoisotopic (exact) mass is 373 g/mol. The summed E-state index contributed by atoms with van der Waals surface area (Å²) >= 11 is 0. The molecular weight excluding hydrogens is 346 g/mol.